The first-order valence-corrected chi connectivity index (χ1v) is 4.71. The highest BCUT2D eigenvalue weighted by atomic mass is 16.5. The Bertz CT molecular complexity index is 123. The van der Waals surface area contributed by atoms with Crippen LogP contribution in [0.15, 0.2) is 4.99 Å². The minimum absolute atomic E-state index is 0.525. The van der Waals surface area contributed by atoms with Crippen LogP contribution in [0.25, 0.3) is 0 Å². The molecule has 0 saturated carbocycles. The molecule has 12 heavy (non-hydrogen) atoms. The van der Waals surface area contributed by atoms with Crippen molar-refractivity contribution in [2.75, 3.05) is 20.3 Å². The van der Waals surface area contributed by atoms with Crippen LogP contribution in [-0.2, 0) is 4.74 Å². The Morgan fingerprint density at radius 1 is 1.42 bits per heavy atom. The highest BCUT2D eigenvalue weighted by Crippen LogP contribution is 2.08. The fraction of sp³-hybridized carbons (Fsp3) is 0.900. The molecule has 0 heterocycles. The topological polar surface area (TPSA) is 21.6 Å². The van der Waals surface area contributed by atoms with Crippen molar-refractivity contribution in [3.8, 4) is 0 Å². The van der Waals surface area contributed by atoms with E-state index in [1.807, 2.05) is 6.21 Å². The smallest absolute Gasteiger partial charge is 0.0493 e. The molecule has 0 aromatic rings. The Balaban J connectivity index is 3.61. The summed E-state index contributed by atoms with van der Waals surface area (Å²) in [6, 6.07) is 0. The van der Waals surface area contributed by atoms with Crippen molar-refractivity contribution < 1.29 is 4.74 Å². The normalized spacial score (nSPS) is 16.7. The molecular weight excluding hydrogens is 150 g/mol. The minimum atomic E-state index is 0.525. The van der Waals surface area contributed by atoms with E-state index in [1.165, 1.54) is 0 Å². The lowest BCUT2D eigenvalue weighted by Gasteiger charge is -2.14. The van der Waals surface area contributed by atoms with Gasteiger partial charge in [-0.1, -0.05) is 20.8 Å². The van der Waals surface area contributed by atoms with Crippen LogP contribution in [0.2, 0.25) is 0 Å². The summed E-state index contributed by atoms with van der Waals surface area (Å²) in [7, 11) is 1.74. The maximum absolute atomic E-state index is 5.07. The third kappa shape index (κ3) is 5.30. The number of rotatable bonds is 6. The maximum atomic E-state index is 5.07. The van der Waals surface area contributed by atoms with Gasteiger partial charge in [0.15, 0.2) is 0 Å². The van der Waals surface area contributed by atoms with Gasteiger partial charge in [0.05, 0.1) is 0 Å². The van der Waals surface area contributed by atoms with Crippen LogP contribution in [0.4, 0.5) is 0 Å². The number of nitrogens with zero attached hydrogens (tertiary/aromatic N) is 1. The number of hydrogen-bond acceptors (Lipinski definition) is 2. The first kappa shape index (κ1) is 11.6. The van der Waals surface area contributed by atoms with Crippen LogP contribution < -0.4 is 0 Å². The lowest BCUT2D eigenvalue weighted by atomic mass is 9.98. The average molecular weight is 171 g/mol. The molecule has 0 aromatic carbocycles. The second kappa shape index (κ2) is 7.29. The summed E-state index contributed by atoms with van der Waals surface area (Å²) >= 11 is 0. The Morgan fingerprint density at radius 3 is 2.58 bits per heavy atom. The van der Waals surface area contributed by atoms with Crippen LogP contribution in [0.5, 0.6) is 0 Å². The molecule has 0 aliphatic rings. The SMILES string of the molecule is CCC/N=C\[C@H](C)C(C)COC. The third-order valence-electron chi connectivity index (χ3n) is 2.02. The van der Waals surface area contributed by atoms with E-state index < -0.39 is 0 Å². The Kier molecular flexibility index (Phi) is 7.06. The van der Waals surface area contributed by atoms with Crippen LogP contribution in [0.1, 0.15) is 27.2 Å². The number of hydrogen-bond donors (Lipinski definition) is 0. The van der Waals surface area contributed by atoms with Gasteiger partial charge in [0.1, 0.15) is 0 Å². The van der Waals surface area contributed by atoms with E-state index in [2.05, 4.69) is 25.8 Å². The zero-order valence-corrected chi connectivity index (χ0v) is 8.71. The summed E-state index contributed by atoms with van der Waals surface area (Å²) < 4.78 is 5.07. The van der Waals surface area contributed by atoms with Gasteiger partial charge in [-0.15, -0.1) is 0 Å². The van der Waals surface area contributed by atoms with Crippen molar-refractivity contribution >= 4 is 6.21 Å². The number of aliphatic imine (C=N–C) groups is 1. The Morgan fingerprint density at radius 2 is 2.08 bits per heavy atom. The molecule has 0 aliphatic heterocycles. The summed E-state index contributed by atoms with van der Waals surface area (Å²) in [5.74, 6) is 1.09. The molecule has 1 unspecified atom stereocenters. The zero-order chi connectivity index (χ0) is 9.40. The molecule has 0 fully saturated rings. The van der Waals surface area contributed by atoms with Gasteiger partial charge in [-0.05, 0) is 18.3 Å². The second-order valence-electron chi connectivity index (χ2n) is 3.35. The molecule has 0 spiro atoms. The molecule has 0 bridgehead atoms. The number of methoxy groups -OCH3 is 1. The third-order valence-corrected chi connectivity index (χ3v) is 2.02. The lowest BCUT2D eigenvalue weighted by molar-refractivity contribution is 0.148. The van der Waals surface area contributed by atoms with E-state index in [0.29, 0.717) is 11.8 Å². The van der Waals surface area contributed by atoms with Gasteiger partial charge < -0.3 is 4.74 Å². The molecule has 0 radical (unpaired) electrons. The predicted molar refractivity (Wildman–Crippen MR) is 53.9 cm³/mol. The Hall–Kier alpha value is -0.370. The van der Waals surface area contributed by atoms with Gasteiger partial charge in [0, 0.05) is 26.5 Å². The molecule has 2 atom stereocenters. The molecule has 2 nitrogen and oxygen atoms in total. The van der Waals surface area contributed by atoms with Crippen molar-refractivity contribution in [2.24, 2.45) is 16.8 Å². The molecular formula is C10H21NO. The first-order chi connectivity index (χ1) is 5.72. The average Bonchev–Trinajstić information content (AvgIpc) is 2.05. The summed E-state index contributed by atoms with van der Waals surface area (Å²) in [4.78, 5) is 4.31. The molecule has 2 heteroatoms. The summed E-state index contributed by atoms with van der Waals surface area (Å²) in [6.45, 7) is 8.28. The highest BCUT2D eigenvalue weighted by molar-refractivity contribution is 5.60. The quantitative estimate of drug-likeness (QED) is 0.562. The van der Waals surface area contributed by atoms with Gasteiger partial charge in [0.2, 0.25) is 0 Å². The molecule has 72 valence electrons. The van der Waals surface area contributed by atoms with Crippen molar-refractivity contribution in [3.63, 3.8) is 0 Å². The van der Waals surface area contributed by atoms with E-state index in [9.17, 15) is 0 Å². The molecule has 0 saturated heterocycles. The van der Waals surface area contributed by atoms with Gasteiger partial charge in [-0.2, -0.15) is 0 Å². The summed E-state index contributed by atoms with van der Waals surface area (Å²) in [6.07, 6.45) is 3.18. The highest BCUT2D eigenvalue weighted by Gasteiger charge is 2.08. The van der Waals surface area contributed by atoms with Crippen molar-refractivity contribution in [1.29, 1.82) is 0 Å². The standard InChI is InChI=1S/C10H21NO/c1-5-6-11-7-9(2)10(3)8-12-4/h7,9-10H,5-6,8H2,1-4H3/b11-7-/t9-,10?/m0/s1. The van der Waals surface area contributed by atoms with Gasteiger partial charge in [-0.3, -0.25) is 4.99 Å². The van der Waals surface area contributed by atoms with Gasteiger partial charge in [0.25, 0.3) is 0 Å². The Labute approximate surface area is 76.0 Å². The minimum Gasteiger partial charge on any atom is -0.384 e. The summed E-state index contributed by atoms with van der Waals surface area (Å²) in [5, 5.41) is 0. The fourth-order valence-electron chi connectivity index (χ4n) is 0.931. The first-order valence-electron chi connectivity index (χ1n) is 4.71. The van der Waals surface area contributed by atoms with Crippen molar-refractivity contribution in [1.82, 2.24) is 0 Å². The fourth-order valence-corrected chi connectivity index (χ4v) is 0.931. The molecule has 0 amide bonds. The summed E-state index contributed by atoms with van der Waals surface area (Å²) in [5.41, 5.74) is 0. The van der Waals surface area contributed by atoms with Crippen LogP contribution in [0, 0.1) is 11.8 Å². The van der Waals surface area contributed by atoms with Crippen LogP contribution in [0.3, 0.4) is 0 Å². The zero-order valence-electron chi connectivity index (χ0n) is 8.71. The van der Waals surface area contributed by atoms with Crippen molar-refractivity contribution in [2.45, 2.75) is 27.2 Å². The molecule has 0 aliphatic carbocycles. The monoisotopic (exact) mass is 171 g/mol. The van der Waals surface area contributed by atoms with Crippen LogP contribution >= 0.6 is 0 Å². The van der Waals surface area contributed by atoms with E-state index in [1.54, 1.807) is 7.11 Å². The molecule has 0 aromatic heterocycles. The maximum Gasteiger partial charge on any atom is 0.0493 e. The van der Waals surface area contributed by atoms with Gasteiger partial charge >= 0.3 is 0 Å². The molecule has 0 rings (SSSR count). The largest absolute Gasteiger partial charge is 0.384 e. The van der Waals surface area contributed by atoms with E-state index in [-0.39, 0.29) is 0 Å². The van der Waals surface area contributed by atoms with Crippen molar-refractivity contribution in [3.05, 3.63) is 0 Å². The van der Waals surface area contributed by atoms with E-state index in [4.69, 9.17) is 4.74 Å². The van der Waals surface area contributed by atoms with Crippen LogP contribution in [-0.4, -0.2) is 26.5 Å². The van der Waals surface area contributed by atoms with Gasteiger partial charge in [-0.25, -0.2) is 0 Å². The number of ether oxygens (including phenoxy) is 1. The van der Waals surface area contributed by atoms with E-state index >= 15 is 0 Å². The predicted octanol–water partition coefficient (Wildman–Crippen LogP) is 2.39. The van der Waals surface area contributed by atoms with E-state index in [0.717, 1.165) is 19.6 Å². The lowest BCUT2D eigenvalue weighted by Crippen LogP contribution is -2.14. The molecule has 0 N–H and O–H groups in total. The second-order valence-corrected chi connectivity index (χ2v) is 3.35.